The molecule has 10 unspecified atom stereocenters. The maximum Gasteiger partial charge on any atom is 0.407 e. The summed E-state index contributed by atoms with van der Waals surface area (Å²) in [7, 11) is 0. The molecular weight excluding hydrogens is 593 g/mol. The van der Waals surface area contributed by atoms with E-state index in [1.165, 1.54) is 36.6 Å². The molecule has 0 aromatic carbocycles. The highest BCUT2D eigenvalue weighted by Crippen LogP contribution is 2.51. The summed E-state index contributed by atoms with van der Waals surface area (Å²) in [4.78, 5) is 49.1. The Morgan fingerprint density at radius 3 is 2.59 bits per heavy atom. The molecule has 11 nitrogen and oxygen atoms in total. The van der Waals surface area contributed by atoms with Crippen molar-refractivity contribution in [1.29, 1.82) is 0 Å². The fraction of sp³-hybridized carbons (Fsp3) is 0.765. The summed E-state index contributed by atoms with van der Waals surface area (Å²) in [6.07, 6.45) is 7.85. The van der Waals surface area contributed by atoms with E-state index in [-0.39, 0.29) is 48.6 Å². The van der Waals surface area contributed by atoms with Gasteiger partial charge in [0.2, 0.25) is 0 Å². The first kappa shape index (κ1) is 31.8. The van der Waals surface area contributed by atoms with E-state index < -0.39 is 41.8 Å². The van der Waals surface area contributed by atoms with Gasteiger partial charge in [-0.1, -0.05) is 25.7 Å². The number of nitrogens with zero attached hydrogens (tertiary/aromatic N) is 4. The number of hydrogen-bond donors (Lipinski definition) is 2. The van der Waals surface area contributed by atoms with Crippen LogP contribution in [0.2, 0.25) is 0 Å². The van der Waals surface area contributed by atoms with E-state index in [1.54, 1.807) is 13.1 Å². The number of rotatable bonds is 4. The Hall–Kier alpha value is -2.83. The maximum atomic E-state index is 16.6. The van der Waals surface area contributed by atoms with E-state index in [0.29, 0.717) is 42.7 Å². The standard InChI is InChI=1S/C34H48FN5O6/c1-18-26(16-41)40(17-36-18)32(43)23-15-39-25-11-19-7-5-6-8-20(19)12-27(25)45-31-28(39)22(30(23)42)13-24(35)29(31)38-10-9-21(14-38)37-33(44)46-34(2,3)4/h15,17,19-22,24-25,27-29,31,41H,5-14,16H2,1-4H3,(H,37,44). The number of ether oxygens (including phenoxy) is 2. The highest BCUT2D eigenvalue weighted by molar-refractivity contribution is 6.21. The van der Waals surface area contributed by atoms with Crippen LogP contribution in [0, 0.1) is 24.7 Å². The Labute approximate surface area is 269 Å². The summed E-state index contributed by atoms with van der Waals surface area (Å²) in [5.41, 5.74) is 0.272. The van der Waals surface area contributed by atoms with Crippen LogP contribution in [0.15, 0.2) is 18.1 Å². The van der Waals surface area contributed by atoms with E-state index in [1.807, 2.05) is 20.8 Å². The molecule has 7 rings (SSSR count). The summed E-state index contributed by atoms with van der Waals surface area (Å²) >= 11 is 0. The third kappa shape index (κ3) is 5.57. The number of morpholine rings is 1. The van der Waals surface area contributed by atoms with Crippen molar-refractivity contribution >= 4 is 17.8 Å². The molecule has 12 heteroatoms. The lowest BCUT2D eigenvalue weighted by atomic mass is 9.64. The van der Waals surface area contributed by atoms with Gasteiger partial charge in [0.15, 0.2) is 5.78 Å². The van der Waals surface area contributed by atoms with Gasteiger partial charge < -0.3 is 24.8 Å². The number of nitrogens with one attached hydrogen (secondary N) is 1. The van der Waals surface area contributed by atoms with E-state index >= 15 is 4.39 Å². The smallest absolute Gasteiger partial charge is 0.407 e. The number of aryl methyl sites for hydroxylation is 1. The number of alkyl carbamates (subject to hydrolysis) is 1. The Bertz CT molecular complexity index is 1410. The molecule has 3 saturated carbocycles. The molecule has 2 N–H and O–H groups in total. The van der Waals surface area contributed by atoms with Crippen molar-refractivity contribution in [3.63, 3.8) is 0 Å². The average molecular weight is 642 g/mol. The molecule has 4 heterocycles. The van der Waals surface area contributed by atoms with Crippen molar-refractivity contribution in [2.45, 2.75) is 134 Å². The molecule has 0 radical (unpaired) electrons. The molecule has 1 aromatic rings. The lowest BCUT2D eigenvalue weighted by molar-refractivity contribution is -0.219. The van der Waals surface area contributed by atoms with Gasteiger partial charge in [0.05, 0.1) is 53.9 Å². The number of hydrogen-bond acceptors (Lipinski definition) is 9. The number of Topliss-reactive ketones (excluding diaryl/α,β-unsaturated/α-hetero) is 1. The van der Waals surface area contributed by atoms with Crippen LogP contribution >= 0.6 is 0 Å². The number of ketones is 1. The van der Waals surface area contributed by atoms with Crippen LogP contribution in [-0.4, -0.2) is 103 Å². The van der Waals surface area contributed by atoms with Gasteiger partial charge in [0, 0.05) is 31.2 Å². The molecule has 2 saturated heterocycles. The SMILES string of the molecule is Cc1ncn(C(=O)C2=CN3C4CC5CCCCC5CC4OC4C(N5CCC(NC(=O)OC(C)(C)C)C5)C(F)CC(C2=O)C43)c1CO. The number of alkyl halides is 1. The first-order valence-corrected chi connectivity index (χ1v) is 17.2. The van der Waals surface area contributed by atoms with Crippen LogP contribution < -0.4 is 5.32 Å². The fourth-order valence-corrected chi connectivity index (χ4v) is 9.46. The minimum Gasteiger partial charge on any atom is -0.444 e. The average Bonchev–Trinajstić information content (AvgIpc) is 3.61. The third-order valence-electron chi connectivity index (χ3n) is 11.5. The van der Waals surface area contributed by atoms with E-state index in [0.717, 1.165) is 12.8 Å². The number of carbonyl (C=O) groups excluding carboxylic acids is 3. The minimum atomic E-state index is -1.35. The number of imidazole rings is 1. The lowest BCUT2D eigenvalue weighted by Crippen LogP contribution is -2.73. The van der Waals surface area contributed by atoms with Gasteiger partial charge in [0.25, 0.3) is 5.91 Å². The van der Waals surface area contributed by atoms with Crippen molar-refractivity contribution in [1.82, 2.24) is 24.7 Å². The van der Waals surface area contributed by atoms with Crippen LogP contribution in [-0.2, 0) is 20.9 Å². The summed E-state index contributed by atoms with van der Waals surface area (Å²) in [6.45, 7) is 7.86. The molecule has 1 aromatic heterocycles. The molecule has 10 atom stereocenters. The van der Waals surface area contributed by atoms with Crippen molar-refractivity contribution in [3.8, 4) is 0 Å². The van der Waals surface area contributed by atoms with Crippen molar-refractivity contribution in [3.05, 3.63) is 29.5 Å². The van der Waals surface area contributed by atoms with Crippen LogP contribution in [0.3, 0.4) is 0 Å². The number of fused-ring (bicyclic) bond motifs is 3. The van der Waals surface area contributed by atoms with Gasteiger partial charge in [-0.25, -0.2) is 14.2 Å². The second kappa shape index (κ2) is 12.0. The Balaban J connectivity index is 1.20. The third-order valence-corrected chi connectivity index (χ3v) is 11.5. The predicted molar refractivity (Wildman–Crippen MR) is 165 cm³/mol. The van der Waals surface area contributed by atoms with E-state index in [4.69, 9.17) is 9.47 Å². The van der Waals surface area contributed by atoms with E-state index in [9.17, 15) is 19.5 Å². The van der Waals surface area contributed by atoms with Crippen molar-refractivity contribution in [2.75, 3.05) is 13.1 Å². The minimum absolute atomic E-state index is 0.00203. The number of aliphatic hydroxyl groups excluding tert-OH is 1. The number of likely N-dealkylation sites (tertiary alicyclic amines) is 1. The van der Waals surface area contributed by atoms with Crippen LogP contribution in [0.5, 0.6) is 0 Å². The molecule has 6 aliphatic rings. The first-order valence-electron chi connectivity index (χ1n) is 17.2. The molecule has 1 amide bonds. The monoisotopic (exact) mass is 641 g/mol. The molecule has 3 aliphatic carbocycles. The van der Waals surface area contributed by atoms with Crippen LogP contribution in [0.1, 0.15) is 88.3 Å². The van der Waals surface area contributed by atoms with Crippen molar-refractivity contribution in [2.24, 2.45) is 17.8 Å². The fourth-order valence-electron chi connectivity index (χ4n) is 9.46. The van der Waals surface area contributed by atoms with Gasteiger partial charge in [-0.3, -0.25) is 19.1 Å². The van der Waals surface area contributed by atoms with Gasteiger partial charge in [-0.05, 0) is 65.2 Å². The number of aliphatic hydroxyl groups is 1. The molecule has 0 spiro atoms. The number of halogens is 1. The second-order valence-electron chi connectivity index (χ2n) is 15.4. The zero-order valence-corrected chi connectivity index (χ0v) is 27.4. The van der Waals surface area contributed by atoms with Gasteiger partial charge in [-0.2, -0.15) is 0 Å². The number of allylic oxidation sites excluding steroid dienone is 1. The number of amides is 1. The molecule has 0 bridgehead atoms. The maximum absolute atomic E-state index is 16.6. The molecule has 3 aliphatic heterocycles. The Kier molecular flexibility index (Phi) is 8.29. The van der Waals surface area contributed by atoms with Crippen LogP contribution in [0.25, 0.3) is 0 Å². The van der Waals surface area contributed by atoms with Crippen LogP contribution in [0.4, 0.5) is 9.18 Å². The Morgan fingerprint density at radius 1 is 1.13 bits per heavy atom. The molecular formula is C34H48FN5O6. The Morgan fingerprint density at radius 2 is 1.87 bits per heavy atom. The van der Waals surface area contributed by atoms with E-state index in [2.05, 4.69) is 20.1 Å². The topological polar surface area (TPSA) is 126 Å². The zero-order valence-electron chi connectivity index (χ0n) is 27.4. The number of aromatic nitrogens is 2. The second-order valence-corrected chi connectivity index (χ2v) is 15.4. The first-order chi connectivity index (χ1) is 21.9. The van der Waals surface area contributed by atoms with Crippen molar-refractivity contribution < 1.29 is 33.4 Å². The van der Waals surface area contributed by atoms with Gasteiger partial charge >= 0.3 is 6.09 Å². The molecule has 5 fully saturated rings. The summed E-state index contributed by atoms with van der Waals surface area (Å²) in [6, 6.07) is -1.14. The summed E-state index contributed by atoms with van der Waals surface area (Å²) < 4.78 is 30.3. The van der Waals surface area contributed by atoms with Gasteiger partial charge in [0.1, 0.15) is 18.1 Å². The lowest BCUT2D eigenvalue weighted by Gasteiger charge is -2.61. The highest BCUT2D eigenvalue weighted by Gasteiger charge is 2.61. The largest absolute Gasteiger partial charge is 0.444 e. The van der Waals surface area contributed by atoms with Gasteiger partial charge in [-0.15, -0.1) is 0 Å². The summed E-state index contributed by atoms with van der Waals surface area (Å²) in [5, 5.41) is 12.9. The highest BCUT2D eigenvalue weighted by atomic mass is 19.1. The number of carbonyl (C=O) groups is 3. The summed E-state index contributed by atoms with van der Waals surface area (Å²) in [5.74, 6) is -0.496. The predicted octanol–water partition coefficient (Wildman–Crippen LogP) is 3.52. The molecule has 46 heavy (non-hydrogen) atoms. The quantitative estimate of drug-likeness (QED) is 0.475. The zero-order chi connectivity index (χ0) is 32.5. The molecule has 252 valence electrons. The normalized spacial score (nSPS) is 37.6.